The first-order chi connectivity index (χ1) is 12.2. The van der Waals surface area contributed by atoms with E-state index in [-0.39, 0.29) is 5.91 Å². The van der Waals surface area contributed by atoms with Crippen LogP contribution in [0.1, 0.15) is 32.8 Å². The third-order valence-electron chi connectivity index (χ3n) is 4.45. The number of amides is 1. The largest absolute Gasteiger partial charge is 0.437 e. The molecule has 1 N–H and O–H groups in total. The van der Waals surface area contributed by atoms with Crippen LogP contribution in [0.4, 0.5) is 5.69 Å². The highest BCUT2D eigenvalue weighted by Crippen LogP contribution is 2.36. The lowest BCUT2D eigenvalue weighted by atomic mass is 10.0. The molecule has 0 bridgehead atoms. The molecule has 2 aromatic heterocycles. The highest BCUT2D eigenvalue weighted by molar-refractivity contribution is 7.12. The molecule has 25 heavy (non-hydrogen) atoms. The second-order valence-corrected chi connectivity index (χ2v) is 7.03. The Morgan fingerprint density at radius 2 is 2.04 bits per heavy atom. The number of hydrogen-bond acceptors (Lipinski definition) is 4. The van der Waals surface area contributed by atoms with Crippen LogP contribution in [-0.2, 0) is 12.8 Å². The molecular formula is C20H18N2O2S. The van der Waals surface area contributed by atoms with Crippen molar-refractivity contribution in [2.45, 2.75) is 26.2 Å². The third kappa shape index (κ3) is 3.15. The van der Waals surface area contributed by atoms with Crippen LogP contribution in [0.5, 0.6) is 11.6 Å². The summed E-state index contributed by atoms with van der Waals surface area (Å²) >= 11 is 1.40. The molecule has 2 heterocycles. The first kappa shape index (κ1) is 15.8. The fraction of sp³-hybridized carbons (Fsp3) is 0.200. The lowest BCUT2D eigenvalue weighted by Crippen LogP contribution is -2.11. The molecular weight excluding hydrogens is 332 g/mol. The quantitative estimate of drug-likeness (QED) is 0.721. The standard InChI is InChI=1S/C20H18N2O2S/c1-13-9-10-17(15-6-2-5-14(13)15)24-20-16(7-3-11-21-20)22-19(23)18-8-4-12-25-18/h3-4,7-12H,2,5-6H2,1H3,(H,22,23). The van der Waals surface area contributed by atoms with Crippen molar-refractivity contribution in [3.8, 4) is 11.6 Å². The fourth-order valence-electron chi connectivity index (χ4n) is 3.21. The molecule has 3 aromatic rings. The molecule has 0 radical (unpaired) electrons. The number of nitrogens with zero attached hydrogens (tertiary/aromatic N) is 1. The van der Waals surface area contributed by atoms with Crippen LogP contribution >= 0.6 is 11.3 Å². The summed E-state index contributed by atoms with van der Waals surface area (Å²) in [5, 5.41) is 4.78. The van der Waals surface area contributed by atoms with E-state index in [1.165, 1.54) is 28.0 Å². The highest BCUT2D eigenvalue weighted by Gasteiger charge is 2.20. The van der Waals surface area contributed by atoms with Crippen LogP contribution in [0.3, 0.4) is 0 Å². The lowest BCUT2D eigenvalue weighted by molar-refractivity contribution is 0.103. The molecule has 4 nitrogen and oxygen atoms in total. The fourth-order valence-corrected chi connectivity index (χ4v) is 3.83. The average Bonchev–Trinajstić information content (AvgIpc) is 3.30. The van der Waals surface area contributed by atoms with Gasteiger partial charge in [-0.25, -0.2) is 4.98 Å². The van der Waals surface area contributed by atoms with Crippen LogP contribution in [0.15, 0.2) is 48.0 Å². The monoisotopic (exact) mass is 350 g/mol. The Morgan fingerprint density at radius 1 is 1.16 bits per heavy atom. The third-order valence-corrected chi connectivity index (χ3v) is 5.32. The molecule has 0 saturated carbocycles. The minimum absolute atomic E-state index is 0.151. The van der Waals surface area contributed by atoms with Crippen molar-refractivity contribution in [3.63, 3.8) is 0 Å². The van der Waals surface area contributed by atoms with Gasteiger partial charge in [0.2, 0.25) is 5.88 Å². The zero-order valence-electron chi connectivity index (χ0n) is 13.9. The molecule has 126 valence electrons. The van der Waals surface area contributed by atoms with E-state index >= 15 is 0 Å². The maximum atomic E-state index is 12.3. The molecule has 0 saturated heterocycles. The SMILES string of the molecule is Cc1ccc(Oc2ncccc2NC(=O)c2cccs2)c2c1CCC2. The van der Waals surface area contributed by atoms with Crippen molar-refractivity contribution >= 4 is 22.9 Å². The van der Waals surface area contributed by atoms with E-state index in [1.807, 2.05) is 23.6 Å². The Kier molecular flexibility index (Phi) is 4.24. The number of benzene rings is 1. The molecule has 0 aliphatic heterocycles. The number of carbonyl (C=O) groups is 1. The lowest BCUT2D eigenvalue weighted by Gasteiger charge is -2.14. The summed E-state index contributed by atoms with van der Waals surface area (Å²) in [4.78, 5) is 17.3. The molecule has 0 atom stereocenters. The van der Waals surface area contributed by atoms with Gasteiger partial charge in [-0.15, -0.1) is 11.3 Å². The van der Waals surface area contributed by atoms with Gasteiger partial charge in [0.25, 0.3) is 5.91 Å². The Bertz CT molecular complexity index is 919. The molecule has 4 rings (SSSR count). The van der Waals surface area contributed by atoms with Crippen molar-refractivity contribution in [1.82, 2.24) is 4.98 Å². The van der Waals surface area contributed by atoms with Gasteiger partial charge in [0.15, 0.2) is 0 Å². The van der Waals surface area contributed by atoms with Gasteiger partial charge in [0, 0.05) is 6.20 Å². The Hall–Kier alpha value is -2.66. The Labute approximate surface area is 150 Å². The van der Waals surface area contributed by atoms with E-state index in [2.05, 4.69) is 23.3 Å². The number of aromatic nitrogens is 1. The second-order valence-electron chi connectivity index (χ2n) is 6.08. The Morgan fingerprint density at radius 3 is 2.88 bits per heavy atom. The minimum atomic E-state index is -0.151. The van der Waals surface area contributed by atoms with Gasteiger partial charge in [0.05, 0.1) is 4.88 Å². The van der Waals surface area contributed by atoms with Gasteiger partial charge < -0.3 is 10.1 Å². The summed E-state index contributed by atoms with van der Waals surface area (Å²) in [6.07, 6.45) is 4.95. The number of hydrogen-bond donors (Lipinski definition) is 1. The molecule has 1 aliphatic rings. The zero-order valence-corrected chi connectivity index (χ0v) is 14.7. The average molecular weight is 350 g/mol. The van der Waals surface area contributed by atoms with E-state index in [0.717, 1.165) is 25.0 Å². The smallest absolute Gasteiger partial charge is 0.265 e. The summed E-state index contributed by atoms with van der Waals surface area (Å²) in [7, 11) is 0. The number of fused-ring (bicyclic) bond motifs is 1. The number of anilines is 1. The van der Waals surface area contributed by atoms with Gasteiger partial charge in [-0.1, -0.05) is 12.1 Å². The first-order valence-electron chi connectivity index (χ1n) is 8.31. The van der Waals surface area contributed by atoms with Gasteiger partial charge in [-0.05, 0) is 72.5 Å². The molecule has 0 spiro atoms. The molecule has 5 heteroatoms. The zero-order chi connectivity index (χ0) is 17.2. The molecule has 1 aliphatic carbocycles. The maximum Gasteiger partial charge on any atom is 0.265 e. The van der Waals surface area contributed by atoms with Crippen LogP contribution in [0, 0.1) is 6.92 Å². The van der Waals surface area contributed by atoms with E-state index in [1.54, 1.807) is 18.3 Å². The van der Waals surface area contributed by atoms with Gasteiger partial charge in [-0.3, -0.25) is 4.79 Å². The minimum Gasteiger partial charge on any atom is -0.437 e. The number of aryl methyl sites for hydroxylation is 1. The van der Waals surface area contributed by atoms with Crippen molar-refractivity contribution in [2.24, 2.45) is 0 Å². The summed E-state index contributed by atoms with van der Waals surface area (Å²) in [5.41, 5.74) is 4.54. The summed E-state index contributed by atoms with van der Waals surface area (Å²) in [5.74, 6) is 1.11. The molecule has 1 amide bonds. The normalized spacial score (nSPS) is 12.7. The summed E-state index contributed by atoms with van der Waals surface area (Å²) < 4.78 is 6.10. The van der Waals surface area contributed by atoms with E-state index in [4.69, 9.17) is 4.74 Å². The first-order valence-corrected chi connectivity index (χ1v) is 9.19. The number of nitrogens with one attached hydrogen (secondary N) is 1. The highest BCUT2D eigenvalue weighted by atomic mass is 32.1. The van der Waals surface area contributed by atoms with Crippen molar-refractivity contribution < 1.29 is 9.53 Å². The number of thiophene rings is 1. The predicted octanol–water partition coefficient (Wildman–Crippen LogP) is 4.98. The Balaban J connectivity index is 1.62. The van der Waals surface area contributed by atoms with Gasteiger partial charge in [0.1, 0.15) is 11.4 Å². The molecule has 1 aromatic carbocycles. The predicted molar refractivity (Wildman–Crippen MR) is 99.8 cm³/mol. The topological polar surface area (TPSA) is 51.2 Å². The van der Waals surface area contributed by atoms with E-state index in [9.17, 15) is 4.79 Å². The van der Waals surface area contributed by atoms with Crippen LogP contribution < -0.4 is 10.1 Å². The van der Waals surface area contributed by atoms with Crippen molar-refractivity contribution in [2.75, 3.05) is 5.32 Å². The van der Waals surface area contributed by atoms with Crippen LogP contribution in [0.25, 0.3) is 0 Å². The maximum absolute atomic E-state index is 12.3. The number of rotatable bonds is 4. The van der Waals surface area contributed by atoms with Crippen molar-refractivity contribution in [3.05, 3.63) is 69.5 Å². The van der Waals surface area contributed by atoms with Crippen molar-refractivity contribution in [1.29, 1.82) is 0 Å². The number of carbonyl (C=O) groups excluding carboxylic acids is 1. The second kappa shape index (κ2) is 6.69. The van der Waals surface area contributed by atoms with E-state index < -0.39 is 0 Å². The van der Waals surface area contributed by atoms with Crippen LogP contribution in [0.2, 0.25) is 0 Å². The molecule has 0 unspecified atom stereocenters. The van der Waals surface area contributed by atoms with Gasteiger partial charge >= 0.3 is 0 Å². The molecule has 0 fully saturated rings. The van der Waals surface area contributed by atoms with Gasteiger partial charge in [-0.2, -0.15) is 0 Å². The summed E-state index contributed by atoms with van der Waals surface area (Å²) in [6, 6.07) is 11.3. The van der Waals surface area contributed by atoms with E-state index in [0.29, 0.717) is 16.4 Å². The number of ether oxygens (including phenoxy) is 1. The van der Waals surface area contributed by atoms with Crippen LogP contribution in [-0.4, -0.2) is 10.9 Å². The number of pyridine rings is 1. The summed E-state index contributed by atoms with van der Waals surface area (Å²) in [6.45, 7) is 2.14.